The van der Waals surface area contributed by atoms with Crippen LogP contribution in [0, 0.1) is 19.8 Å². The van der Waals surface area contributed by atoms with Crippen LogP contribution in [0.15, 0.2) is 0 Å². The molecule has 0 bridgehead atoms. The number of nitrogens with one attached hydrogen (secondary N) is 1. The van der Waals surface area contributed by atoms with E-state index in [2.05, 4.69) is 10.4 Å². The number of halogens is 3. The van der Waals surface area contributed by atoms with E-state index in [1.54, 1.807) is 0 Å². The number of amides is 1. The van der Waals surface area contributed by atoms with Crippen molar-refractivity contribution in [3.8, 4) is 0 Å². The van der Waals surface area contributed by atoms with Gasteiger partial charge in [-0.1, -0.05) is 6.92 Å². The summed E-state index contributed by atoms with van der Waals surface area (Å²) < 4.78 is 38.6. The molecule has 2 rings (SSSR count). The molecule has 0 aromatic carbocycles. The molecule has 1 fully saturated rings. The van der Waals surface area contributed by atoms with Gasteiger partial charge in [0.25, 0.3) is 0 Å². The minimum Gasteiger partial charge on any atom is -0.480 e. The molecule has 2 N–H and O–H groups in total. The van der Waals surface area contributed by atoms with Crippen molar-refractivity contribution >= 4 is 11.9 Å². The second-order valence-corrected chi connectivity index (χ2v) is 7.22. The Morgan fingerprint density at radius 3 is 2.38 bits per heavy atom. The number of aromatic nitrogens is 2. The number of hydrogen-bond donors (Lipinski definition) is 2. The Morgan fingerprint density at radius 2 is 1.88 bits per heavy atom. The first-order chi connectivity index (χ1) is 11.9. The molecule has 0 aliphatic heterocycles. The van der Waals surface area contributed by atoms with Crippen molar-refractivity contribution in [2.75, 3.05) is 0 Å². The van der Waals surface area contributed by atoms with Gasteiger partial charge in [-0.25, -0.2) is 4.79 Å². The second kappa shape index (κ2) is 7.28. The van der Waals surface area contributed by atoms with Crippen LogP contribution in [0.25, 0.3) is 0 Å². The Bertz CT molecular complexity index is 689. The van der Waals surface area contributed by atoms with Crippen molar-refractivity contribution in [3.05, 3.63) is 17.0 Å². The molecule has 1 aromatic rings. The lowest BCUT2D eigenvalue weighted by Crippen LogP contribution is -2.56. The highest BCUT2D eigenvalue weighted by Gasteiger charge is 2.42. The maximum Gasteiger partial charge on any atom is 0.408 e. The predicted octanol–water partition coefficient (Wildman–Crippen LogP) is 2.75. The van der Waals surface area contributed by atoms with Crippen molar-refractivity contribution in [2.24, 2.45) is 5.92 Å². The summed E-state index contributed by atoms with van der Waals surface area (Å²) >= 11 is 0. The summed E-state index contributed by atoms with van der Waals surface area (Å²) in [6, 6.07) is 0. The monoisotopic (exact) mass is 375 g/mol. The first kappa shape index (κ1) is 20.3. The van der Waals surface area contributed by atoms with E-state index < -0.39 is 30.1 Å². The predicted molar refractivity (Wildman–Crippen MR) is 87.6 cm³/mol. The molecule has 0 radical (unpaired) electrons. The largest absolute Gasteiger partial charge is 0.480 e. The van der Waals surface area contributed by atoms with E-state index in [0.717, 1.165) is 4.68 Å². The molecule has 0 spiro atoms. The standard InChI is InChI=1S/C17H24F3N3O3/c1-10-4-6-16(7-5-10,15(25)26)21-14(24)8-13-11(2)22-23(12(13)3)9-17(18,19)20/h10H,4-9H2,1-3H3,(H,21,24)(H,25,26). The summed E-state index contributed by atoms with van der Waals surface area (Å²) in [6.07, 6.45) is -2.50. The van der Waals surface area contributed by atoms with Gasteiger partial charge < -0.3 is 10.4 Å². The van der Waals surface area contributed by atoms with E-state index in [1.807, 2.05) is 6.92 Å². The molecular formula is C17H24F3N3O3. The Hall–Kier alpha value is -2.06. The lowest BCUT2D eigenvalue weighted by Gasteiger charge is -2.36. The maximum atomic E-state index is 12.6. The Kier molecular flexibility index (Phi) is 5.67. The van der Waals surface area contributed by atoms with Gasteiger partial charge in [0.15, 0.2) is 0 Å². The van der Waals surface area contributed by atoms with Crippen molar-refractivity contribution < 1.29 is 27.9 Å². The van der Waals surface area contributed by atoms with Gasteiger partial charge in [-0.05, 0) is 45.4 Å². The number of hydrogen-bond acceptors (Lipinski definition) is 3. The van der Waals surface area contributed by atoms with Gasteiger partial charge in [0.05, 0.1) is 12.1 Å². The highest BCUT2D eigenvalue weighted by atomic mass is 19.4. The van der Waals surface area contributed by atoms with Crippen LogP contribution in [-0.4, -0.2) is 38.5 Å². The van der Waals surface area contributed by atoms with Gasteiger partial charge in [-0.15, -0.1) is 0 Å². The quantitative estimate of drug-likeness (QED) is 0.829. The SMILES string of the molecule is Cc1nn(CC(F)(F)F)c(C)c1CC(=O)NC1(C(=O)O)CCC(C)CC1. The van der Waals surface area contributed by atoms with Crippen LogP contribution < -0.4 is 5.32 Å². The van der Waals surface area contributed by atoms with Crippen LogP contribution in [0.1, 0.15) is 49.6 Å². The summed E-state index contributed by atoms with van der Waals surface area (Å²) in [5, 5.41) is 16.0. The van der Waals surface area contributed by atoms with Gasteiger partial charge in [-0.2, -0.15) is 18.3 Å². The minimum atomic E-state index is -4.41. The number of rotatable bonds is 5. The number of carboxylic acid groups (broad SMARTS) is 1. The van der Waals surface area contributed by atoms with Crippen LogP contribution in [-0.2, 0) is 22.6 Å². The van der Waals surface area contributed by atoms with E-state index in [9.17, 15) is 27.9 Å². The zero-order valence-electron chi connectivity index (χ0n) is 15.1. The van der Waals surface area contributed by atoms with Gasteiger partial charge in [0, 0.05) is 11.3 Å². The van der Waals surface area contributed by atoms with Gasteiger partial charge >= 0.3 is 12.1 Å². The van der Waals surface area contributed by atoms with E-state index >= 15 is 0 Å². The van der Waals surface area contributed by atoms with Gasteiger partial charge in [0.2, 0.25) is 5.91 Å². The van der Waals surface area contributed by atoms with Crippen LogP contribution in [0.2, 0.25) is 0 Å². The maximum absolute atomic E-state index is 12.6. The van der Waals surface area contributed by atoms with Crippen LogP contribution in [0.4, 0.5) is 13.2 Å². The molecule has 1 saturated carbocycles. The summed E-state index contributed by atoms with van der Waals surface area (Å²) in [6.45, 7) is 3.83. The zero-order valence-corrected chi connectivity index (χ0v) is 15.1. The fourth-order valence-electron chi connectivity index (χ4n) is 3.43. The highest BCUT2D eigenvalue weighted by Crippen LogP contribution is 2.32. The molecule has 1 heterocycles. The Balaban J connectivity index is 2.13. The number of aryl methyl sites for hydroxylation is 1. The van der Waals surface area contributed by atoms with Gasteiger partial charge in [-0.3, -0.25) is 9.48 Å². The van der Waals surface area contributed by atoms with E-state index in [1.165, 1.54) is 13.8 Å². The normalized spacial score (nSPS) is 23.7. The lowest BCUT2D eigenvalue weighted by molar-refractivity contribution is -0.149. The molecule has 1 aliphatic rings. The molecule has 9 heteroatoms. The van der Waals surface area contributed by atoms with Crippen LogP contribution in [0.5, 0.6) is 0 Å². The number of nitrogens with zero attached hydrogens (tertiary/aromatic N) is 2. The van der Waals surface area contributed by atoms with E-state index in [-0.39, 0.29) is 12.1 Å². The summed E-state index contributed by atoms with van der Waals surface area (Å²) in [5.74, 6) is -1.18. The van der Waals surface area contributed by atoms with E-state index in [4.69, 9.17) is 0 Å². The molecule has 0 atom stereocenters. The van der Waals surface area contributed by atoms with Crippen LogP contribution >= 0.6 is 0 Å². The molecule has 26 heavy (non-hydrogen) atoms. The van der Waals surface area contributed by atoms with Crippen molar-refractivity contribution in [2.45, 2.75) is 71.1 Å². The highest BCUT2D eigenvalue weighted by molar-refractivity contribution is 5.88. The topological polar surface area (TPSA) is 84.2 Å². The van der Waals surface area contributed by atoms with Crippen molar-refractivity contribution in [1.29, 1.82) is 0 Å². The van der Waals surface area contributed by atoms with E-state index in [0.29, 0.717) is 42.9 Å². The average molecular weight is 375 g/mol. The fraction of sp³-hybridized carbons (Fsp3) is 0.706. The molecule has 1 amide bonds. The van der Waals surface area contributed by atoms with Crippen LogP contribution in [0.3, 0.4) is 0 Å². The van der Waals surface area contributed by atoms with Crippen molar-refractivity contribution in [1.82, 2.24) is 15.1 Å². The second-order valence-electron chi connectivity index (χ2n) is 7.22. The fourth-order valence-corrected chi connectivity index (χ4v) is 3.43. The van der Waals surface area contributed by atoms with Crippen molar-refractivity contribution in [3.63, 3.8) is 0 Å². The molecular weight excluding hydrogens is 351 g/mol. The third-order valence-corrected chi connectivity index (χ3v) is 5.11. The molecule has 0 saturated heterocycles. The number of carbonyl (C=O) groups is 2. The minimum absolute atomic E-state index is 0.194. The first-order valence-electron chi connectivity index (χ1n) is 8.57. The molecule has 146 valence electrons. The number of carbonyl (C=O) groups excluding carboxylic acids is 1. The summed E-state index contributed by atoms with van der Waals surface area (Å²) in [7, 11) is 0. The Morgan fingerprint density at radius 1 is 1.31 bits per heavy atom. The number of aliphatic carboxylic acids is 1. The van der Waals surface area contributed by atoms with Gasteiger partial charge in [0.1, 0.15) is 12.1 Å². The third kappa shape index (κ3) is 4.56. The number of carboxylic acids is 1. The average Bonchev–Trinajstić information content (AvgIpc) is 2.75. The Labute approximate surface area is 149 Å². The molecule has 1 aliphatic carbocycles. The zero-order chi connectivity index (χ0) is 19.7. The summed E-state index contributed by atoms with van der Waals surface area (Å²) in [4.78, 5) is 24.1. The molecule has 6 nitrogen and oxygen atoms in total. The molecule has 1 aromatic heterocycles. The third-order valence-electron chi connectivity index (χ3n) is 5.11. The molecule has 0 unspecified atom stereocenters. The first-order valence-corrected chi connectivity index (χ1v) is 8.57. The smallest absolute Gasteiger partial charge is 0.408 e. The number of alkyl halides is 3. The lowest BCUT2D eigenvalue weighted by atomic mass is 9.77. The summed E-state index contributed by atoms with van der Waals surface area (Å²) in [5.41, 5.74) is -0.301.